The highest BCUT2D eigenvalue weighted by molar-refractivity contribution is 7.67. The Morgan fingerprint density at radius 2 is 2.14 bits per heavy atom. The lowest BCUT2D eigenvalue weighted by molar-refractivity contribution is 0.00563. The SMILES string of the molecule is [N-]=[N+]=CP(=O)(O)O. The Balaban J connectivity index is 4.10. The Hall–Kier alpha value is -0.470. The molecule has 2 N–H and O–H groups in total. The molecule has 0 saturated heterocycles. The van der Waals surface area contributed by atoms with Crippen molar-refractivity contribution in [3.63, 3.8) is 0 Å². The van der Waals surface area contributed by atoms with Crippen molar-refractivity contribution >= 4 is 13.6 Å². The van der Waals surface area contributed by atoms with Gasteiger partial charge in [-0.3, -0.25) is 0 Å². The molecule has 0 spiro atoms. The van der Waals surface area contributed by atoms with Crippen LogP contribution < -0.4 is 0 Å². The third-order valence-corrected chi connectivity index (χ3v) is 0.606. The number of rotatable bonds is 1. The largest absolute Gasteiger partial charge is 0.429 e. The molecule has 0 amide bonds. The summed E-state index contributed by atoms with van der Waals surface area (Å²) in [7, 11) is -4.21. The van der Waals surface area contributed by atoms with Crippen LogP contribution in [0.4, 0.5) is 0 Å². The molecule has 0 radical (unpaired) electrons. The molecule has 40 valence electrons. The van der Waals surface area contributed by atoms with E-state index >= 15 is 0 Å². The fourth-order valence-electron chi connectivity index (χ4n) is 0.0673. The van der Waals surface area contributed by atoms with Gasteiger partial charge in [0.15, 0.2) is 0 Å². The highest BCUT2D eigenvalue weighted by atomic mass is 31.2. The summed E-state index contributed by atoms with van der Waals surface area (Å²) < 4.78 is 9.62. The topological polar surface area (TPSA) is 93.9 Å². The second-order valence-corrected chi connectivity index (χ2v) is 2.23. The summed E-state index contributed by atoms with van der Waals surface area (Å²) in [6.45, 7) is 0. The average Bonchev–Trinajstić information content (AvgIpc) is 1.30. The molecule has 7 heavy (non-hydrogen) atoms. The summed E-state index contributed by atoms with van der Waals surface area (Å²) in [4.78, 5) is 17.8. The lowest BCUT2D eigenvalue weighted by atomic mass is 11.7. The zero-order chi connectivity index (χ0) is 5.91. The van der Waals surface area contributed by atoms with Gasteiger partial charge in [-0.05, 0) is 0 Å². The molecular weight excluding hydrogens is 119 g/mol. The maximum atomic E-state index is 9.62. The highest BCUT2D eigenvalue weighted by Gasteiger charge is 2.12. The van der Waals surface area contributed by atoms with Crippen LogP contribution in [0.25, 0.3) is 5.53 Å². The Labute approximate surface area is 39.4 Å². The van der Waals surface area contributed by atoms with E-state index in [1.165, 1.54) is 0 Å². The first-order valence-electron chi connectivity index (χ1n) is 1.30. The van der Waals surface area contributed by atoms with E-state index in [9.17, 15) is 4.57 Å². The zero-order valence-corrected chi connectivity index (χ0v) is 4.12. The molecule has 0 heterocycles. The van der Waals surface area contributed by atoms with Crippen LogP contribution in [-0.2, 0) is 4.57 Å². The third kappa shape index (κ3) is 5.53. The van der Waals surface area contributed by atoms with Gasteiger partial charge in [0.1, 0.15) is 0 Å². The van der Waals surface area contributed by atoms with Crippen molar-refractivity contribution in [1.82, 2.24) is 0 Å². The molecule has 0 aliphatic rings. The molecule has 0 aliphatic carbocycles. The fourth-order valence-corrected chi connectivity index (χ4v) is 0.202. The van der Waals surface area contributed by atoms with E-state index in [0.29, 0.717) is 0 Å². The lowest BCUT2D eigenvalue weighted by Gasteiger charge is -1.80. The second-order valence-electron chi connectivity index (χ2n) is 0.820. The lowest BCUT2D eigenvalue weighted by Crippen LogP contribution is -1.76. The van der Waals surface area contributed by atoms with Gasteiger partial charge < -0.3 is 15.3 Å². The van der Waals surface area contributed by atoms with Gasteiger partial charge >= 0.3 is 13.6 Å². The van der Waals surface area contributed by atoms with Crippen LogP contribution in [0.3, 0.4) is 0 Å². The van der Waals surface area contributed by atoms with Crippen LogP contribution in [0.1, 0.15) is 0 Å². The van der Waals surface area contributed by atoms with Crippen LogP contribution in [0, 0.1) is 0 Å². The van der Waals surface area contributed by atoms with Crippen LogP contribution >= 0.6 is 7.60 Å². The third-order valence-electron chi connectivity index (χ3n) is 0.202. The van der Waals surface area contributed by atoms with Crippen molar-refractivity contribution in [2.24, 2.45) is 0 Å². The minimum Gasteiger partial charge on any atom is -0.361 e. The molecule has 0 aliphatic heterocycles. The predicted octanol–water partition coefficient (Wildman–Crippen LogP) is -0.578. The van der Waals surface area contributed by atoms with Crippen molar-refractivity contribution in [3.8, 4) is 0 Å². The van der Waals surface area contributed by atoms with E-state index in [1.54, 1.807) is 0 Å². The molecule has 6 heteroatoms. The van der Waals surface area contributed by atoms with E-state index in [1.807, 2.05) is 0 Å². The Morgan fingerprint density at radius 3 is 2.14 bits per heavy atom. The normalized spacial score (nSPS) is 10.0. The monoisotopic (exact) mass is 122 g/mol. The Bertz CT molecular complexity index is 141. The first-order valence-corrected chi connectivity index (χ1v) is 2.98. The van der Waals surface area contributed by atoms with E-state index in [4.69, 9.17) is 15.3 Å². The molecule has 0 rings (SSSR count). The molecule has 5 nitrogen and oxygen atoms in total. The molecule has 0 fully saturated rings. The summed E-state index contributed by atoms with van der Waals surface area (Å²) in [6.07, 6.45) is 0. The molecule has 0 unspecified atom stereocenters. The molecule has 0 aromatic rings. The summed E-state index contributed by atoms with van der Waals surface area (Å²) in [5, 5.41) is 0. The van der Waals surface area contributed by atoms with Gasteiger partial charge in [0, 0.05) is 0 Å². The predicted molar refractivity (Wildman–Crippen MR) is 21.7 cm³/mol. The summed E-state index contributed by atoms with van der Waals surface area (Å²) in [6, 6.07) is 0. The van der Waals surface area contributed by atoms with Crippen LogP contribution in [0.2, 0.25) is 0 Å². The van der Waals surface area contributed by atoms with Gasteiger partial charge in [0.25, 0.3) is 0 Å². The first kappa shape index (κ1) is 6.53. The molecule has 0 bridgehead atoms. The Morgan fingerprint density at radius 1 is 1.71 bits per heavy atom. The summed E-state index contributed by atoms with van der Waals surface area (Å²) in [5.41, 5.74) is 7.48. The van der Waals surface area contributed by atoms with Gasteiger partial charge in [-0.25, -0.2) is 4.57 Å². The van der Waals surface area contributed by atoms with Gasteiger partial charge in [0.05, 0.1) is 0 Å². The van der Waals surface area contributed by atoms with Crippen molar-refractivity contribution < 1.29 is 19.1 Å². The zero-order valence-electron chi connectivity index (χ0n) is 3.22. The maximum Gasteiger partial charge on any atom is 0.429 e. The van der Waals surface area contributed by atoms with E-state index in [2.05, 4.69) is 4.79 Å². The summed E-state index contributed by atoms with van der Waals surface area (Å²) in [5.74, 6) is 0.160. The van der Waals surface area contributed by atoms with E-state index in [0.717, 1.165) is 0 Å². The molecule has 0 atom stereocenters. The number of hydrogen-bond donors (Lipinski definition) is 2. The Kier molecular flexibility index (Phi) is 1.87. The maximum absolute atomic E-state index is 9.62. The van der Waals surface area contributed by atoms with Crippen LogP contribution in [-0.4, -0.2) is 20.5 Å². The average molecular weight is 122 g/mol. The van der Waals surface area contributed by atoms with E-state index < -0.39 is 7.60 Å². The smallest absolute Gasteiger partial charge is 0.361 e. The number of nitrogens with zero attached hydrogens (tertiary/aromatic N) is 2. The quantitative estimate of drug-likeness (QED) is 0.211. The first-order chi connectivity index (χ1) is 3.06. The molecule has 0 aromatic carbocycles. The fraction of sp³-hybridized carbons (Fsp3) is 0. The van der Waals surface area contributed by atoms with Crippen molar-refractivity contribution in [2.75, 3.05) is 0 Å². The highest BCUT2D eigenvalue weighted by Crippen LogP contribution is 2.28. The van der Waals surface area contributed by atoms with Gasteiger partial charge in [-0.2, -0.15) is 4.79 Å². The van der Waals surface area contributed by atoms with Crippen LogP contribution in [0.5, 0.6) is 0 Å². The van der Waals surface area contributed by atoms with Crippen LogP contribution in [0.15, 0.2) is 0 Å². The van der Waals surface area contributed by atoms with Crippen molar-refractivity contribution in [1.29, 1.82) is 0 Å². The molecule has 0 saturated carbocycles. The summed E-state index contributed by atoms with van der Waals surface area (Å²) >= 11 is 0. The minimum absolute atomic E-state index is 0.160. The van der Waals surface area contributed by atoms with Crippen molar-refractivity contribution in [3.05, 3.63) is 5.53 Å². The minimum atomic E-state index is -4.21. The second kappa shape index (κ2) is 2.00. The molecular formula is CH3N2O3P. The number of hydrogen-bond acceptors (Lipinski definition) is 1. The van der Waals surface area contributed by atoms with Gasteiger partial charge in [-0.15, -0.1) is 0 Å². The molecule has 0 aromatic heterocycles. The van der Waals surface area contributed by atoms with E-state index in [-0.39, 0.29) is 5.96 Å². The standard InChI is InChI=1S/CH3N2O3P/c2-3-1-7(4,5)6/h1H,(H2,4,5,6). The van der Waals surface area contributed by atoms with Gasteiger partial charge in [-0.1, -0.05) is 0 Å². The van der Waals surface area contributed by atoms with Gasteiger partial charge in [0.2, 0.25) is 0 Å². The van der Waals surface area contributed by atoms with Crippen molar-refractivity contribution in [2.45, 2.75) is 0 Å².